The summed E-state index contributed by atoms with van der Waals surface area (Å²) in [5.74, 6) is 0.536. The number of piperidine rings is 1. The van der Waals surface area contributed by atoms with Gasteiger partial charge >= 0.3 is 0 Å². The van der Waals surface area contributed by atoms with Crippen LogP contribution in [0.25, 0.3) is 22.5 Å². The van der Waals surface area contributed by atoms with Crippen LogP contribution < -0.4 is 10.6 Å². The van der Waals surface area contributed by atoms with Crippen molar-refractivity contribution < 1.29 is 14.4 Å². The maximum Gasteiger partial charge on any atom is 0.251 e. The van der Waals surface area contributed by atoms with E-state index in [1.54, 1.807) is 12.3 Å². The highest BCUT2D eigenvalue weighted by atomic mass is 16.5. The first-order valence-electron chi connectivity index (χ1n) is 9.46. The molecule has 1 atom stereocenters. The quantitative estimate of drug-likeness (QED) is 0.636. The molecule has 3 aromatic rings. The maximum absolute atomic E-state index is 12.6. The van der Waals surface area contributed by atoms with Crippen molar-refractivity contribution in [2.24, 2.45) is 0 Å². The number of nitrogens with one attached hydrogen (secondary N) is 2. The molecular formula is C22H23N3O3. The van der Waals surface area contributed by atoms with E-state index in [-0.39, 0.29) is 12.5 Å². The Morgan fingerprint density at radius 2 is 1.96 bits per heavy atom. The molecular weight excluding hydrogens is 354 g/mol. The Morgan fingerprint density at radius 3 is 2.68 bits per heavy atom. The molecule has 144 valence electrons. The zero-order chi connectivity index (χ0) is 19.4. The lowest BCUT2D eigenvalue weighted by Gasteiger charge is -2.32. The molecule has 6 nitrogen and oxygen atoms in total. The molecule has 6 heteroatoms. The second kappa shape index (κ2) is 7.96. The average Bonchev–Trinajstić information content (AvgIpc) is 3.28. The predicted molar refractivity (Wildman–Crippen MR) is 107 cm³/mol. The lowest BCUT2D eigenvalue weighted by atomic mass is 9.94. The molecule has 2 aromatic carbocycles. The Bertz CT molecular complexity index is 930. The Labute approximate surface area is 163 Å². The molecule has 1 saturated heterocycles. The molecule has 1 amide bonds. The van der Waals surface area contributed by atoms with Crippen LogP contribution >= 0.6 is 0 Å². The summed E-state index contributed by atoms with van der Waals surface area (Å²) >= 11 is 0. The first-order valence-corrected chi connectivity index (χ1v) is 9.46. The zero-order valence-electron chi connectivity index (χ0n) is 15.5. The fourth-order valence-electron chi connectivity index (χ4n) is 3.48. The van der Waals surface area contributed by atoms with Crippen molar-refractivity contribution in [2.45, 2.75) is 18.4 Å². The Balaban J connectivity index is 1.45. The van der Waals surface area contributed by atoms with Gasteiger partial charge in [-0.2, -0.15) is 0 Å². The second-order valence-corrected chi connectivity index (χ2v) is 7.22. The number of hydrogen-bond acceptors (Lipinski definition) is 5. The van der Waals surface area contributed by atoms with Crippen LogP contribution in [0.15, 0.2) is 65.3 Å². The molecule has 0 aliphatic carbocycles. The molecule has 4 rings (SSSR count). The summed E-state index contributed by atoms with van der Waals surface area (Å²) in [6.07, 6.45) is 3.22. The molecule has 2 heterocycles. The highest BCUT2D eigenvalue weighted by Crippen LogP contribution is 2.25. The van der Waals surface area contributed by atoms with Gasteiger partial charge in [0.15, 0.2) is 5.76 Å². The summed E-state index contributed by atoms with van der Waals surface area (Å²) in [6, 6.07) is 17.2. The minimum absolute atomic E-state index is 0.181. The summed E-state index contributed by atoms with van der Waals surface area (Å²) in [6.45, 7) is 1.66. The van der Waals surface area contributed by atoms with E-state index in [0.717, 1.165) is 35.4 Å². The number of carbonyl (C=O) groups is 1. The maximum atomic E-state index is 12.6. The molecule has 28 heavy (non-hydrogen) atoms. The molecule has 1 aromatic heterocycles. The number of nitrogens with zero attached hydrogens (tertiary/aromatic N) is 1. The van der Waals surface area contributed by atoms with Gasteiger partial charge in [-0.3, -0.25) is 4.79 Å². The lowest BCUT2D eigenvalue weighted by Crippen LogP contribution is -2.52. The normalized spacial score (nSPS) is 19.3. The molecule has 0 spiro atoms. The fourth-order valence-corrected chi connectivity index (χ4v) is 3.48. The van der Waals surface area contributed by atoms with Crippen LogP contribution in [0.3, 0.4) is 0 Å². The van der Waals surface area contributed by atoms with Gasteiger partial charge in [0, 0.05) is 30.3 Å². The topological polar surface area (TPSA) is 87.4 Å². The first kappa shape index (κ1) is 18.4. The van der Waals surface area contributed by atoms with Crippen LogP contribution in [0.1, 0.15) is 23.2 Å². The molecule has 0 bridgehead atoms. The molecule has 0 unspecified atom stereocenters. The van der Waals surface area contributed by atoms with Gasteiger partial charge < -0.3 is 20.3 Å². The van der Waals surface area contributed by atoms with E-state index in [9.17, 15) is 9.90 Å². The van der Waals surface area contributed by atoms with Crippen LogP contribution in [0.2, 0.25) is 0 Å². The number of carbonyl (C=O) groups excluding carboxylic acids is 1. The summed E-state index contributed by atoms with van der Waals surface area (Å²) in [5, 5.41) is 20.3. The number of β-amino-alcohol motifs (C(OH)–C–C–N with tert-alkyl or cyclic N) is 1. The summed E-state index contributed by atoms with van der Waals surface area (Å²) < 4.78 is 5.17. The van der Waals surface area contributed by atoms with Gasteiger partial charge in [-0.05, 0) is 42.6 Å². The van der Waals surface area contributed by atoms with E-state index in [1.165, 1.54) is 0 Å². The van der Waals surface area contributed by atoms with E-state index >= 15 is 0 Å². The highest BCUT2D eigenvalue weighted by Gasteiger charge is 2.29. The third-order valence-corrected chi connectivity index (χ3v) is 5.09. The molecule has 1 aliphatic rings. The van der Waals surface area contributed by atoms with Crippen molar-refractivity contribution in [1.82, 2.24) is 15.8 Å². The fraction of sp³-hybridized carbons (Fsp3) is 0.273. The summed E-state index contributed by atoms with van der Waals surface area (Å²) in [4.78, 5) is 12.6. The third kappa shape index (κ3) is 4.13. The molecule has 3 N–H and O–H groups in total. The van der Waals surface area contributed by atoms with Crippen LogP contribution in [0.4, 0.5) is 0 Å². The first-order chi connectivity index (χ1) is 13.6. The predicted octanol–water partition coefficient (Wildman–Crippen LogP) is 2.85. The highest BCUT2D eigenvalue weighted by molar-refractivity contribution is 5.95. The van der Waals surface area contributed by atoms with Crippen LogP contribution in [-0.2, 0) is 0 Å². The van der Waals surface area contributed by atoms with Gasteiger partial charge in [-0.15, -0.1) is 0 Å². The van der Waals surface area contributed by atoms with Crippen molar-refractivity contribution >= 4 is 5.91 Å². The molecule has 1 fully saturated rings. The van der Waals surface area contributed by atoms with Crippen molar-refractivity contribution in [2.75, 3.05) is 19.6 Å². The molecule has 1 aliphatic heterocycles. The second-order valence-electron chi connectivity index (χ2n) is 7.22. The number of hydrogen-bond donors (Lipinski definition) is 3. The van der Waals surface area contributed by atoms with E-state index in [0.29, 0.717) is 18.5 Å². The number of amides is 1. The minimum Gasteiger partial charge on any atom is -0.387 e. The van der Waals surface area contributed by atoms with Crippen molar-refractivity contribution in [3.8, 4) is 22.5 Å². The monoisotopic (exact) mass is 377 g/mol. The summed E-state index contributed by atoms with van der Waals surface area (Å²) in [7, 11) is 0. The number of benzene rings is 2. The lowest BCUT2D eigenvalue weighted by molar-refractivity contribution is 0.0170. The van der Waals surface area contributed by atoms with Gasteiger partial charge in [0.05, 0.1) is 11.8 Å². The van der Waals surface area contributed by atoms with E-state index in [2.05, 4.69) is 15.8 Å². The molecule has 0 radical (unpaired) electrons. The minimum atomic E-state index is -0.873. The standard InChI is InChI=1S/C22H23N3O3/c26-21(24-15-22(27)10-2-11-23-14-22)19-4-1-3-18(13-19)16-5-7-17(8-6-16)20-9-12-25-28-20/h1,3-9,12-13,23,27H,2,10-11,14-15H2,(H,24,26)/t22-/m0/s1. The average molecular weight is 377 g/mol. The van der Waals surface area contributed by atoms with E-state index in [4.69, 9.17) is 4.52 Å². The van der Waals surface area contributed by atoms with Crippen molar-refractivity contribution in [3.63, 3.8) is 0 Å². The van der Waals surface area contributed by atoms with Crippen LogP contribution in [0, 0.1) is 0 Å². The van der Waals surface area contributed by atoms with Gasteiger partial charge in [-0.1, -0.05) is 41.6 Å². The van der Waals surface area contributed by atoms with Gasteiger partial charge in [0.1, 0.15) is 0 Å². The van der Waals surface area contributed by atoms with E-state index < -0.39 is 5.60 Å². The third-order valence-electron chi connectivity index (χ3n) is 5.09. The Morgan fingerprint density at radius 1 is 1.14 bits per heavy atom. The SMILES string of the molecule is O=C(NC[C@]1(O)CCCNC1)c1cccc(-c2ccc(-c3ccno3)cc2)c1. The van der Waals surface area contributed by atoms with Gasteiger partial charge in [0.25, 0.3) is 5.91 Å². The van der Waals surface area contributed by atoms with Gasteiger partial charge in [-0.25, -0.2) is 0 Å². The van der Waals surface area contributed by atoms with Crippen LogP contribution in [-0.4, -0.2) is 41.4 Å². The smallest absolute Gasteiger partial charge is 0.251 e. The Kier molecular flexibility index (Phi) is 5.23. The Hall–Kier alpha value is -2.96. The zero-order valence-corrected chi connectivity index (χ0v) is 15.5. The van der Waals surface area contributed by atoms with Crippen molar-refractivity contribution in [1.29, 1.82) is 0 Å². The van der Waals surface area contributed by atoms with Gasteiger partial charge in [0.2, 0.25) is 0 Å². The number of rotatable bonds is 5. The van der Waals surface area contributed by atoms with E-state index in [1.807, 2.05) is 48.5 Å². The molecule has 0 saturated carbocycles. The summed E-state index contributed by atoms with van der Waals surface area (Å²) in [5.41, 5.74) is 2.61. The number of aliphatic hydroxyl groups is 1. The largest absolute Gasteiger partial charge is 0.387 e. The van der Waals surface area contributed by atoms with Crippen molar-refractivity contribution in [3.05, 3.63) is 66.4 Å². The van der Waals surface area contributed by atoms with Crippen LogP contribution in [0.5, 0.6) is 0 Å². The number of aromatic nitrogens is 1.